The van der Waals surface area contributed by atoms with Gasteiger partial charge in [-0.25, -0.2) is 0 Å². The van der Waals surface area contributed by atoms with E-state index in [1.165, 1.54) is 12.4 Å². The van der Waals surface area contributed by atoms with E-state index in [1.54, 1.807) is 24.3 Å². The number of aromatic nitrogens is 2. The van der Waals surface area contributed by atoms with Gasteiger partial charge in [0.25, 0.3) is 0 Å². The van der Waals surface area contributed by atoms with Crippen LogP contribution in [-0.2, 0) is 0 Å². The molecule has 2 rings (SSSR count). The summed E-state index contributed by atoms with van der Waals surface area (Å²) in [6.07, 6.45) is 2.85. The van der Waals surface area contributed by atoms with E-state index in [1.807, 2.05) is 0 Å². The summed E-state index contributed by atoms with van der Waals surface area (Å²) in [6.45, 7) is 0. The molecule has 0 saturated heterocycles. The Balaban J connectivity index is 3.23. The molecule has 0 radical (unpaired) electrons. The van der Waals surface area contributed by atoms with Crippen LogP contribution in [0.15, 0.2) is 12.4 Å². The molecule has 0 bridgehead atoms. The molecule has 2 aromatic heterocycles. The molecule has 0 amide bonds. The highest BCUT2D eigenvalue weighted by Crippen LogP contribution is 2.05. The number of hydrogen-bond acceptors (Lipinski definition) is 7. The first-order valence-corrected chi connectivity index (χ1v) is 5.67. The molecule has 19 heavy (non-hydrogen) atoms. The molecule has 0 aromatic carbocycles. The van der Waals surface area contributed by atoms with E-state index in [2.05, 4.69) is 9.97 Å². The van der Waals surface area contributed by atoms with Crippen LogP contribution in [0.5, 0.6) is 0 Å². The second-order valence-electron chi connectivity index (χ2n) is 3.21. The summed E-state index contributed by atoms with van der Waals surface area (Å²) in [5.74, 6) is 0. The van der Waals surface area contributed by atoms with Crippen molar-refractivity contribution in [1.82, 2.24) is 9.97 Å². The highest BCUT2D eigenvalue weighted by molar-refractivity contribution is 7.09. The molecule has 86 valence electrons. The quantitative estimate of drug-likeness (QED) is 0.663. The van der Waals surface area contributed by atoms with Crippen LogP contribution < -0.4 is 9.06 Å². The summed E-state index contributed by atoms with van der Waals surface area (Å²) in [5.41, 5.74) is 0.473. The third-order valence-corrected chi connectivity index (χ3v) is 3.44. The maximum absolute atomic E-state index is 8.91. The van der Waals surface area contributed by atoms with Gasteiger partial charge in [0.2, 0.25) is 0 Å². The van der Waals surface area contributed by atoms with Crippen LogP contribution in [-0.4, -0.2) is 9.97 Å². The van der Waals surface area contributed by atoms with Crippen molar-refractivity contribution in [1.29, 1.82) is 21.0 Å². The first-order valence-electron chi connectivity index (χ1n) is 4.85. The molecule has 0 atom stereocenters. The summed E-state index contributed by atoms with van der Waals surface area (Å²) >= 11 is 0.998. The number of hydrogen-bond donors (Lipinski definition) is 0. The Kier molecular flexibility index (Phi) is 3.17. The average Bonchev–Trinajstić information content (AvgIpc) is 2.82. The minimum absolute atomic E-state index is 0.114. The molecule has 6 nitrogen and oxygen atoms in total. The van der Waals surface area contributed by atoms with E-state index < -0.39 is 0 Å². The Bertz CT molecular complexity index is 845. The lowest BCUT2D eigenvalue weighted by Gasteiger charge is -1.86. The third kappa shape index (κ3) is 1.87. The molecule has 7 heteroatoms. The minimum atomic E-state index is -0.114. The van der Waals surface area contributed by atoms with Crippen LogP contribution in [0.3, 0.4) is 0 Å². The Hall–Kier alpha value is -3.26. The van der Waals surface area contributed by atoms with E-state index in [0.717, 1.165) is 11.3 Å². The molecule has 2 heterocycles. The maximum atomic E-state index is 8.91. The van der Waals surface area contributed by atoms with Gasteiger partial charge < -0.3 is 0 Å². The minimum Gasteiger partial charge on any atom is -0.251 e. The van der Waals surface area contributed by atoms with Gasteiger partial charge in [0.05, 0.1) is 9.06 Å². The second kappa shape index (κ2) is 4.94. The predicted octanol–water partition coefficient (Wildman–Crippen LogP) is 0.0870. The number of fused-ring (bicyclic) bond motifs is 1. The van der Waals surface area contributed by atoms with Gasteiger partial charge >= 0.3 is 0 Å². The number of rotatable bonds is 0. The molecule has 0 aliphatic rings. The van der Waals surface area contributed by atoms with Crippen LogP contribution in [0.4, 0.5) is 0 Å². The van der Waals surface area contributed by atoms with Gasteiger partial charge in [0.1, 0.15) is 46.5 Å². The Morgan fingerprint density at radius 1 is 0.789 bits per heavy atom. The normalized spacial score (nSPS) is 8.84. The molecule has 2 aromatic rings. The van der Waals surface area contributed by atoms with Crippen molar-refractivity contribution < 1.29 is 0 Å². The Morgan fingerprint density at radius 3 is 1.47 bits per heavy atom. The summed E-state index contributed by atoms with van der Waals surface area (Å²) in [7, 11) is 0. The van der Waals surface area contributed by atoms with Gasteiger partial charge in [0.15, 0.2) is 0 Å². The fourth-order valence-electron chi connectivity index (χ4n) is 1.46. The third-order valence-electron chi connectivity index (χ3n) is 2.23. The van der Waals surface area contributed by atoms with Gasteiger partial charge in [-0.05, 0) is 0 Å². The SMILES string of the molecule is N#CC(C#N)=c1sc(=C(C#N)C#N)c2nccnc12. The lowest BCUT2D eigenvalue weighted by Crippen LogP contribution is -2.00. The van der Waals surface area contributed by atoms with Crippen molar-refractivity contribution >= 4 is 33.5 Å². The zero-order valence-corrected chi connectivity index (χ0v) is 10.1. The van der Waals surface area contributed by atoms with Crippen LogP contribution in [0.2, 0.25) is 0 Å². The number of nitrogens with zero attached hydrogens (tertiary/aromatic N) is 6. The van der Waals surface area contributed by atoms with Gasteiger partial charge in [-0.1, -0.05) is 0 Å². The van der Waals surface area contributed by atoms with Crippen LogP contribution in [0.25, 0.3) is 22.2 Å². The van der Waals surface area contributed by atoms with Crippen molar-refractivity contribution in [3.05, 3.63) is 21.5 Å². The van der Waals surface area contributed by atoms with Crippen molar-refractivity contribution in [2.75, 3.05) is 0 Å². The lowest BCUT2D eigenvalue weighted by molar-refractivity contribution is 1.30. The second-order valence-corrected chi connectivity index (χ2v) is 4.23. The molecule has 0 spiro atoms. The molecule has 0 aliphatic heterocycles. The molecule has 0 saturated carbocycles. The maximum Gasteiger partial charge on any atom is 0.149 e. The molecule has 0 unspecified atom stereocenters. The Morgan fingerprint density at radius 2 is 1.16 bits per heavy atom. The van der Waals surface area contributed by atoms with Crippen LogP contribution in [0, 0.1) is 45.3 Å². The predicted molar refractivity (Wildman–Crippen MR) is 65.9 cm³/mol. The van der Waals surface area contributed by atoms with Crippen molar-refractivity contribution in [2.24, 2.45) is 0 Å². The number of nitriles is 4. The number of thiophene rings is 1. The summed E-state index contributed by atoms with van der Waals surface area (Å²) in [6, 6.07) is 7.09. The molecular formula is C12H2N6S. The van der Waals surface area contributed by atoms with E-state index in [4.69, 9.17) is 21.0 Å². The van der Waals surface area contributed by atoms with E-state index in [9.17, 15) is 0 Å². The fraction of sp³-hybridized carbons (Fsp3) is 0. The van der Waals surface area contributed by atoms with E-state index in [-0.39, 0.29) is 11.1 Å². The van der Waals surface area contributed by atoms with Gasteiger partial charge in [-0.15, -0.1) is 11.3 Å². The summed E-state index contributed by atoms with van der Waals surface area (Å²) < 4.78 is 0.650. The van der Waals surface area contributed by atoms with Gasteiger partial charge in [-0.2, -0.15) is 21.0 Å². The van der Waals surface area contributed by atoms with Crippen LogP contribution in [0.1, 0.15) is 0 Å². The first kappa shape index (κ1) is 12.2. The first-order chi connectivity index (χ1) is 9.26. The highest BCUT2D eigenvalue weighted by atomic mass is 32.1. The monoisotopic (exact) mass is 262 g/mol. The lowest BCUT2D eigenvalue weighted by atomic mass is 10.2. The van der Waals surface area contributed by atoms with E-state index in [0.29, 0.717) is 20.1 Å². The zero-order chi connectivity index (χ0) is 13.8. The van der Waals surface area contributed by atoms with Crippen molar-refractivity contribution in [2.45, 2.75) is 0 Å². The van der Waals surface area contributed by atoms with Gasteiger partial charge in [0, 0.05) is 12.4 Å². The topological polar surface area (TPSA) is 121 Å². The van der Waals surface area contributed by atoms with E-state index >= 15 is 0 Å². The largest absolute Gasteiger partial charge is 0.251 e. The molecule has 0 N–H and O–H groups in total. The standard InChI is InChI=1S/C12H2N6S/c13-3-7(4-14)11-9-10(18-2-1-17-9)12(19-11)8(5-15)6-16/h1-2H. The average molecular weight is 262 g/mol. The van der Waals surface area contributed by atoms with Gasteiger partial charge in [-0.3, -0.25) is 9.97 Å². The van der Waals surface area contributed by atoms with Crippen molar-refractivity contribution in [3.8, 4) is 24.3 Å². The fourth-order valence-corrected chi connectivity index (χ4v) is 2.54. The smallest absolute Gasteiger partial charge is 0.149 e. The molecule has 0 fully saturated rings. The summed E-state index contributed by atoms with van der Waals surface area (Å²) in [5, 5.41) is 35.7. The molecule has 0 aliphatic carbocycles. The van der Waals surface area contributed by atoms with Crippen LogP contribution >= 0.6 is 11.3 Å². The molecular weight excluding hydrogens is 260 g/mol. The highest BCUT2D eigenvalue weighted by Gasteiger charge is 2.11. The summed E-state index contributed by atoms with van der Waals surface area (Å²) in [4.78, 5) is 8.12. The Labute approximate surface area is 111 Å². The zero-order valence-electron chi connectivity index (χ0n) is 9.25. The van der Waals surface area contributed by atoms with Crippen molar-refractivity contribution in [3.63, 3.8) is 0 Å².